The zero-order valence-corrected chi connectivity index (χ0v) is 11.1. The maximum absolute atomic E-state index is 5.52. The molecule has 0 fully saturated rings. The van der Waals surface area contributed by atoms with Gasteiger partial charge < -0.3 is 14.8 Å². The van der Waals surface area contributed by atoms with Crippen molar-refractivity contribution in [2.75, 3.05) is 13.8 Å². The van der Waals surface area contributed by atoms with Crippen LogP contribution in [0.15, 0.2) is 54.6 Å². The molecule has 3 nitrogen and oxygen atoms in total. The van der Waals surface area contributed by atoms with Crippen molar-refractivity contribution in [1.29, 1.82) is 0 Å². The fourth-order valence-electron chi connectivity index (χ4n) is 1.75. The van der Waals surface area contributed by atoms with E-state index in [2.05, 4.69) is 5.32 Å². The van der Waals surface area contributed by atoms with Crippen molar-refractivity contribution >= 4 is 0 Å². The first-order valence-corrected chi connectivity index (χ1v) is 6.36. The van der Waals surface area contributed by atoms with Crippen molar-refractivity contribution in [2.24, 2.45) is 0 Å². The molecule has 0 atom stereocenters. The molecule has 0 amide bonds. The van der Waals surface area contributed by atoms with Gasteiger partial charge in [0, 0.05) is 6.54 Å². The summed E-state index contributed by atoms with van der Waals surface area (Å²) in [5.41, 5.74) is 2.38. The number of ether oxygens (including phenoxy) is 2. The van der Waals surface area contributed by atoms with Gasteiger partial charge in [0.05, 0.1) is 6.61 Å². The highest BCUT2D eigenvalue weighted by molar-refractivity contribution is 5.27. The topological polar surface area (TPSA) is 30.5 Å². The zero-order chi connectivity index (χ0) is 13.3. The zero-order valence-electron chi connectivity index (χ0n) is 11.1. The standard InChI is InChI=1S/C16H19NO2/c1-17-11-14-7-9-16(10-8-14)19-13-18-12-15-5-3-2-4-6-15/h2-10,17H,11-13H2,1H3. The molecule has 0 aliphatic rings. The molecule has 0 aliphatic carbocycles. The molecule has 0 aromatic heterocycles. The maximum Gasteiger partial charge on any atom is 0.189 e. The quantitative estimate of drug-likeness (QED) is 0.611. The SMILES string of the molecule is CNCc1ccc(OCOCc2ccccc2)cc1. The normalized spacial score (nSPS) is 10.4. The molecular formula is C16H19NO2. The predicted octanol–water partition coefficient (Wildman–Crippen LogP) is 2.96. The van der Waals surface area contributed by atoms with Crippen LogP contribution in [0.4, 0.5) is 0 Å². The Morgan fingerprint density at radius 3 is 2.32 bits per heavy atom. The lowest BCUT2D eigenvalue weighted by molar-refractivity contribution is 0.00504. The van der Waals surface area contributed by atoms with E-state index in [0.29, 0.717) is 6.61 Å². The molecule has 2 aromatic rings. The van der Waals surface area contributed by atoms with Gasteiger partial charge in [0.25, 0.3) is 0 Å². The van der Waals surface area contributed by atoms with Crippen LogP contribution in [0.5, 0.6) is 5.75 Å². The Morgan fingerprint density at radius 1 is 0.895 bits per heavy atom. The number of hydrogen-bond acceptors (Lipinski definition) is 3. The summed E-state index contributed by atoms with van der Waals surface area (Å²) < 4.78 is 11.0. The van der Waals surface area contributed by atoms with Crippen LogP contribution in [0.25, 0.3) is 0 Å². The summed E-state index contributed by atoms with van der Waals surface area (Å²) in [6.45, 7) is 1.70. The van der Waals surface area contributed by atoms with Crippen LogP contribution in [0, 0.1) is 0 Å². The van der Waals surface area contributed by atoms with Gasteiger partial charge in [-0.1, -0.05) is 42.5 Å². The molecule has 2 rings (SSSR count). The third kappa shape index (κ3) is 4.73. The molecule has 0 bridgehead atoms. The summed E-state index contributed by atoms with van der Waals surface area (Å²) in [5.74, 6) is 0.827. The monoisotopic (exact) mass is 257 g/mol. The van der Waals surface area contributed by atoms with E-state index >= 15 is 0 Å². The lowest BCUT2D eigenvalue weighted by Gasteiger charge is -2.08. The van der Waals surface area contributed by atoms with Crippen LogP contribution in [-0.4, -0.2) is 13.8 Å². The smallest absolute Gasteiger partial charge is 0.189 e. The molecule has 100 valence electrons. The van der Waals surface area contributed by atoms with Gasteiger partial charge in [0.15, 0.2) is 6.79 Å². The largest absolute Gasteiger partial charge is 0.468 e. The van der Waals surface area contributed by atoms with Gasteiger partial charge in [-0.3, -0.25) is 0 Å². The third-order valence-electron chi connectivity index (χ3n) is 2.72. The van der Waals surface area contributed by atoms with Gasteiger partial charge >= 0.3 is 0 Å². The molecule has 1 N–H and O–H groups in total. The van der Waals surface area contributed by atoms with Crippen LogP contribution in [-0.2, 0) is 17.9 Å². The highest BCUT2D eigenvalue weighted by Crippen LogP contribution is 2.12. The van der Waals surface area contributed by atoms with E-state index in [1.165, 1.54) is 5.56 Å². The first kappa shape index (κ1) is 13.6. The van der Waals surface area contributed by atoms with Crippen LogP contribution < -0.4 is 10.1 Å². The molecule has 0 unspecified atom stereocenters. The van der Waals surface area contributed by atoms with E-state index in [9.17, 15) is 0 Å². The third-order valence-corrected chi connectivity index (χ3v) is 2.72. The number of nitrogens with one attached hydrogen (secondary N) is 1. The summed E-state index contributed by atoms with van der Waals surface area (Å²) in [7, 11) is 1.93. The predicted molar refractivity (Wildman–Crippen MR) is 75.9 cm³/mol. The summed E-state index contributed by atoms with van der Waals surface area (Å²) in [5, 5.41) is 3.11. The lowest BCUT2D eigenvalue weighted by atomic mass is 10.2. The van der Waals surface area contributed by atoms with Crippen LogP contribution in [0.1, 0.15) is 11.1 Å². The summed E-state index contributed by atoms with van der Waals surface area (Å²) in [6, 6.07) is 18.1. The van der Waals surface area contributed by atoms with Crippen molar-refractivity contribution in [1.82, 2.24) is 5.32 Å². The minimum atomic E-state index is 0.264. The Hall–Kier alpha value is -1.84. The minimum Gasteiger partial charge on any atom is -0.468 e. The van der Waals surface area contributed by atoms with Crippen molar-refractivity contribution in [3.05, 3.63) is 65.7 Å². The molecule has 2 aromatic carbocycles. The lowest BCUT2D eigenvalue weighted by Crippen LogP contribution is -2.05. The molecule has 0 saturated heterocycles. The van der Waals surface area contributed by atoms with Crippen molar-refractivity contribution < 1.29 is 9.47 Å². The van der Waals surface area contributed by atoms with Gasteiger partial charge in [-0.2, -0.15) is 0 Å². The second-order valence-electron chi connectivity index (χ2n) is 4.27. The van der Waals surface area contributed by atoms with E-state index in [-0.39, 0.29) is 6.79 Å². The highest BCUT2D eigenvalue weighted by atomic mass is 16.7. The molecule has 19 heavy (non-hydrogen) atoms. The van der Waals surface area contributed by atoms with Crippen LogP contribution in [0.2, 0.25) is 0 Å². The first-order chi connectivity index (χ1) is 9.38. The minimum absolute atomic E-state index is 0.264. The van der Waals surface area contributed by atoms with Gasteiger partial charge in [-0.25, -0.2) is 0 Å². The average Bonchev–Trinajstić information content (AvgIpc) is 2.47. The van der Waals surface area contributed by atoms with Gasteiger partial charge in [0.2, 0.25) is 0 Å². The van der Waals surface area contributed by atoms with E-state index in [4.69, 9.17) is 9.47 Å². The van der Waals surface area contributed by atoms with Gasteiger partial charge in [0.1, 0.15) is 5.75 Å². The van der Waals surface area contributed by atoms with Crippen molar-refractivity contribution in [3.8, 4) is 5.75 Å². The average molecular weight is 257 g/mol. The molecule has 0 aliphatic heterocycles. The fourth-order valence-corrected chi connectivity index (χ4v) is 1.75. The van der Waals surface area contributed by atoms with Crippen molar-refractivity contribution in [2.45, 2.75) is 13.2 Å². The fraction of sp³-hybridized carbons (Fsp3) is 0.250. The molecular weight excluding hydrogens is 238 g/mol. The maximum atomic E-state index is 5.52. The summed E-state index contributed by atoms with van der Waals surface area (Å²) >= 11 is 0. The Kier molecular flexibility index (Phi) is 5.41. The molecule has 0 heterocycles. The van der Waals surface area contributed by atoms with Gasteiger partial charge in [-0.15, -0.1) is 0 Å². The van der Waals surface area contributed by atoms with E-state index in [1.54, 1.807) is 0 Å². The molecule has 0 spiro atoms. The second kappa shape index (κ2) is 7.56. The molecule has 3 heteroatoms. The molecule has 0 radical (unpaired) electrons. The van der Waals surface area contributed by atoms with Crippen LogP contribution in [0.3, 0.4) is 0 Å². The van der Waals surface area contributed by atoms with Gasteiger partial charge in [-0.05, 0) is 30.3 Å². The second-order valence-corrected chi connectivity index (χ2v) is 4.27. The van der Waals surface area contributed by atoms with E-state index in [0.717, 1.165) is 17.9 Å². The number of rotatable bonds is 7. The Bertz CT molecular complexity index is 468. The summed E-state index contributed by atoms with van der Waals surface area (Å²) in [4.78, 5) is 0. The van der Waals surface area contributed by atoms with E-state index in [1.807, 2.05) is 61.6 Å². The Morgan fingerprint density at radius 2 is 1.63 bits per heavy atom. The van der Waals surface area contributed by atoms with Crippen LogP contribution >= 0.6 is 0 Å². The first-order valence-electron chi connectivity index (χ1n) is 6.36. The Balaban J connectivity index is 1.70. The highest BCUT2D eigenvalue weighted by Gasteiger charge is 1.96. The summed E-state index contributed by atoms with van der Waals surface area (Å²) in [6.07, 6.45) is 0. The number of hydrogen-bond donors (Lipinski definition) is 1. The Labute approximate surface area is 114 Å². The van der Waals surface area contributed by atoms with E-state index < -0.39 is 0 Å². The molecule has 0 saturated carbocycles. The number of benzene rings is 2. The van der Waals surface area contributed by atoms with Crippen molar-refractivity contribution in [3.63, 3.8) is 0 Å².